The van der Waals surface area contributed by atoms with Crippen LogP contribution in [0.25, 0.3) is 33.8 Å². The van der Waals surface area contributed by atoms with Crippen molar-refractivity contribution in [3.63, 3.8) is 0 Å². The zero-order chi connectivity index (χ0) is 21.2. The van der Waals surface area contributed by atoms with E-state index in [4.69, 9.17) is 13.6 Å². The van der Waals surface area contributed by atoms with Crippen LogP contribution in [0.2, 0.25) is 0 Å². The van der Waals surface area contributed by atoms with E-state index >= 15 is 0 Å². The normalized spacial score (nSPS) is 12.0. The molecule has 1 atom stereocenters. The Bertz CT molecular complexity index is 1340. The molecule has 3 heterocycles. The monoisotopic (exact) mass is 411 g/mol. The molecule has 7 nitrogen and oxygen atoms in total. The number of fused-ring (bicyclic) bond motifs is 1. The van der Waals surface area contributed by atoms with Crippen LogP contribution in [0.4, 0.5) is 0 Å². The van der Waals surface area contributed by atoms with Crippen LogP contribution in [0, 0.1) is 0 Å². The highest BCUT2D eigenvalue weighted by atomic mass is 16.6. The van der Waals surface area contributed by atoms with Gasteiger partial charge in [-0.05, 0) is 43.3 Å². The van der Waals surface area contributed by atoms with Crippen LogP contribution in [-0.2, 0) is 4.74 Å². The van der Waals surface area contributed by atoms with Gasteiger partial charge >= 0.3 is 5.97 Å². The summed E-state index contributed by atoms with van der Waals surface area (Å²) in [7, 11) is 0. The van der Waals surface area contributed by atoms with Gasteiger partial charge in [0.25, 0.3) is 5.89 Å². The molecule has 152 valence electrons. The first-order valence-electron chi connectivity index (χ1n) is 9.72. The predicted octanol–water partition coefficient (Wildman–Crippen LogP) is 5.46. The molecule has 5 rings (SSSR count). The summed E-state index contributed by atoms with van der Waals surface area (Å²) < 4.78 is 16.8. The number of rotatable bonds is 5. The van der Waals surface area contributed by atoms with E-state index in [-0.39, 0.29) is 5.89 Å². The Balaban J connectivity index is 1.44. The smallest absolute Gasteiger partial charge is 0.339 e. The van der Waals surface area contributed by atoms with Crippen LogP contribution in [0.15, 0.2) is 87.9 Å². The highest BCUT2D eigenvalue weighted by molar-refractivity contribution is 6.04. The number of aromatic nitrogens is 3. The molecule has 0 aliphatic carbocycles. The number of esters is 1. The van der Waals surface area contributed by atoms with Crippen LogP contribution < -0.4 is 0 Å². The van der Waals surface area contributed by atoms with Gasteiger partial charge in [0.15, 0.2) is 11.9 Å². The summed E-state index contributed by atoms with van der Waals surface area (Å²) >= 11 is 0. The molecule has 0 spiro atoms. The van der Waals surface area contributed by atoms with E-state index in [9.17, 15) is 4.79 Å². The second-order valence-corrected chi connectivity index (χ2v) is 6.91. The quantitative estimate of drug-likeness (QED) is 0.355. The van der Waals surface area contributed by atoms with Crippen LogP contribution >= 0.6 is 0 Å². The maximum Gasteiger partial charge on any atom is 0.339 e. The molecule has 0 amide bonds. The summed E-state index contributed by atoms with van der Waals surface area (Å²) in [4.78, 5) is 17.7. The maximum atomic E-state index is 13.1. The van der Waals surface area contributed by atoms with Gasteiger partial charge in [-0.2, -0.15) is 0 Å². The van der Waals surface area contributed by atoms with Gasteiger partial charge in [0.1, 0.15) is 5.69 Å². The van der Waals surface area contributed by atoms with Gasteiger partial charge in [-0.25, -0.2) is 9.78 Å². The van der Waals surface area contributed by atoms with E-state index in [2.05, 4.69) is 15.2 Å². The van der Waals surface area contributed by atoms with Crippen molar-refractivity contribution in [3.05, 3.63) is 90.5 Å². The van der Waals surface area contributed by atoms with Gasteiger partial charge < -0.3 is 13.6 Å². The number of pyridine rings is 1. The van der Waals surface area contributed by atoms with Crippen molar-refractivity contribution in [2.24, 2.45) is 0 Å². The third-order valence-corrected chi connectivity index (χ3v) is 4.80. The lowest BCUT2D eigenvalue weighted by molar-refractivity contribution is 0.0282. The zero-order valence-electron chi connectivity index (χ0n) is 16.6. The number of ether oxygens (including phenoxy) is 1. The number of nitrogens with zero attached hydrogens (tertiary/aromatic N) is 3. The molecule has 5 aromatic rings. The molecule has 0 unspecified atom stereocenters. The predicted molar refractivity (Wildman–Crippen MR) is 113 cm³/mol. The second kappa shape index (κ2) is 7.87. The van der Waals surface area contributed by atoms with Crippen molar-refractivity contribution in [3.8, 4) is 22.9 Å². The number of carbonyl (C=O) groups excluding carboxylic acids is 1. The number of hydrogen-bond donors (Lipinski definition) is 0. The molecular weight excluding hydrogens is 394 g/mol. The Morgan fingerprint density at radius 1 is 0.968 bits per heavy atom. The molecule has 0 aliphatic heterocycles. The molecule has 0 bridgehead atoms. The number of furan rings is 1. The van der Waals surface area contributed by atoms with Gasteiger partial charge in [0.2, 0.25) is 5.89 Å². The van der Waals surface area contributed by atoms with Crippen LogP contribution in [0.5, 0.6) is 0 Å². The average Bonchev–Trinajstić information content (AvgIpc) is 3.51. The van der Waals surface area contributed by atoms with Crippen LogP contribution in [0.1, 0.15) is 29.3 Å². The van der Waals surface area contributed by atoms with E-state index in [1.54, 1.807) is 31.4 Å². The van der Waals surface area contributed by atoms with Gasteiger partial charge in [-0.15, -0.1) is 10.2 Å². The maximum absolute atomic E-state index is 13.1. The Labute approximate surface area is 177 Å². The molecule has 0 N–H and O–H groups in total. The largest absolute Gasteiger partial charge is 0.463 e. The highest BCUT2D eigenvalue weighted by Crippen LogP contribution is 2.28. The summed E-state index contributed by atoms with van der Waals surface area (Å²) in [6.07, 6.45) is 0.836. The number of benzene rings is 2. The van der Waals surface area contributed by atoms with E-state index < -0.39 is 12.1 Å². The van der Waals surface area contributed by atoms with Crippen molar-refractivity contribution in [1.29, 1.82) is 0 Å². The fraction of sp³-hybridized carbons (Fsp3) is 0.0833. The van der Waals surface area contributed by atoms with Crippen LogP contribution in [-0.4, -0.2) is 21.2 Å². The van der Waals surface area contributed by atoms with E-state index in [1.807, 2.05) is 54.6 Å². The van der Waals surface area contributed by atoms with Gasteiger partial charge in [-0.3, -0.25) is 0 Å². The van der Waals surface area contributed by atoms with Crippen LogP contribution in [0.3, 0.4) is 0 Å². The van der Waals surface area contributed by atoms with Crippen molar-refractivity contribution in [2.45, 2.75) is 13.0 Å². The third-order valence-electron chi connectivity index (χ3n) is 4.80. The first-order chi connectivity index (χ1) is 15.2. The zero-order valence-corrected chi connectivity index (χ0v) is 16.6. The molecule has 0 saturated heterocycles. The lowest BCUT2D eigenvalue weighted by atomic mass is 10.1. The average molecular weight is 411 g/mol. The molecule has 0 saturated carbocycles. The fourth-order valence-corrected chi connectivity index (χ4v) is 3.27. The molecule has 0 fully saturated rings. The number of hydrogen-bond acceptors (Lipinski definition) is 7. The minimum absolute atomic E-state index is 0.219. The Morgan fingerprint density at radius 2 is 1.77 bits per heavy atom. The number of carbonyl (C=O) groups is 1. The first-order valence-corrected chi connectivity index (χ1v) is 9.72. The summed E-state index contributed by atoms with van der Waals surface area (Å²) in [5, 5.41) is 8.78. The lowest BCUT2D eigenvalue weighted by Crippen LogP contribution is -2.11. The summed E-state index contributed by atoms with van der Waals surface area (Å²) in [5.41, 5.74) is 2.39. The minimum Gasteiger partial charge on any atom is -0.463 e. The summed E-state index contributed by atoms with van der Waals surface area (Å²) in [6.45, 7) is 1.69. The molecule has 0 radical (unpaired) electrons. The SMILES string of the molecule is C[C@H](OC(=O)c1cc(-c2ccco2)nc2ccccc12)c1nnc(-c2ccccc2)o1. The highest BCUT2D eigenvalue weighted by Gasteiger charge is 2.22. The molecule has 31 heavy (non-hydrogen) atoms. The Hall–Kier alpha value is -4.26. The van der Waals surface area contributed by atoms with E-state index in [0.29, 0.717) is 33.8 Å². The van der Waals surface area contributed by atoms with Gasteiger partial charge in [-0.1, -0.05) is 36.4 Å². The molecule has 3 aromatic heterocycles. The molecule has 7 heteroatoms. The second-order valence-electron chi connectivity index (χ2n) is 6.91. The fourth-order valence-electron chi connectivity index (χ4n) is 3.27. The van der Waals surface area contributed by atoms with Crippen molar-refractivity contribution < 1.29 is 18.4 Å². The summed E-state index contributed by atoms with van der Waals surface area (Å²) in [5.74, 6) is 0.639. The standard InChI is InChI=1S/C24H17N3O4/c1-15(22-26-27-23(31-22)16-8-3-2-4-9-16)30-24(28)18-14-20(21-12-7-13-29-21)25-19-11-6-5-10-17(18)19/h2-15H,1H3/t15-/m0/s1. The first kappa shape index (κ1) is 18.7. The van der Waals surface area contributed by atoms with Crippen molar-refractivity contribution >= 4 is 16.9 Å². The van der Waals surface area contributed by atoms with Gasteiger partial charge in [0.05, 0.1) is 17.3 Å². The Morgan fingerprint density at radius 3 is 2.58 bits per heavy atom. The van der Waals surface area contributed by atoms with Gasteiger partial charge in [0, 0.05) is 10.9 Å². The third kappa shape index (κ3) is 3.69. The lowest BCUT2D eigenvalue weighted by Gasteiger charge is -2.12. The Kier molecular flexibility index (Phi) is 4.76. The van der Waals surface area contributed by atoms with E-state index in [1.165, 1.54) is 0 Å². The minimum atomic E-state index is -0.726. The molecule has 2 aromatic carbocycles. The topological polar surface area (TPSA) is 91.2 Å². The number of para-hydroxylation sites is 1. The molecule has 0 aliphatic rings. The molecular formula is C24H17N3O4. The van der Waals surface area contributed by atoms with Crippen molar-refractivity contribution in [1.82, 2.24) is 15.2 Å². The van der Waals surface area contributed by atoms with E-state index in [0.717, 1.165) is 5.56 Å². The summed E-state index contributed by atoms with van der Waals surface area (Å²) in [6, 6.07) is 22.0. The van der Waals surface area contributed by atoms with Crippen molar-refractivity contribution in [2.75, 3.05) is 0 Å².